The fourth-order valence-corrected chi connectivity index (χ4v) is 2.24. The zero-order chi connectivity index (χ0) is 14.0. The summed E-state index contributed by atoms with van der Waals surface area (Å²) < 4.78 is 6.63. The average Bonchev–Trinajstić information content (AvgIpc) is 2.36. The maximum Gasteiger partial charge on any atom is 0.153 e. The molecule has 2 aromatic rings. The highest BCUT2D eigenvalue weighted by molar-refractivity contribution is 9.10. The Morgan fingerprint density at radius 2 is 1.79 bits per heavy atom. The van der Waals surface area contributed by atoms with Crippen molar-refractivity contribution in [2.45, 2.75) is 13.8 Å². The van der Waals surface area contributed by atoms with Gasteiger partial charge in [-0.2, -0.15) is 0 Å². The van der Waals surface area contributed by atoms with E-state index < -0.39 is 0 Å². The Balaban J connectivity index is 2.41. The molecule has 0 N–H and O–H groups in total. The molecule has 0 amide bonds. The maximum atomic E-state index is 11.0. The van der Waals surface area contributed by atoms with Crippen molar-refractivity contribution >= 4 is 33.8 Å². The third-order valence-electron chi connectivity index (χ3n) is 2.74. The van der Waals surface area contributed by atoms with Crippen molar-refractivity contribution in [2.75, 3.05) is 0 Å². The van der Waals surface area contributed by atoms with Gasteiger partial charge in [-0.1, -0.05) is 27.5 Å². The number of ether oxygens (including phenoxy) is 1. The molecule has 0 atom stereocenters. The second kappa shape index (κ2) is 5.76. The highest BCUT2D eigenvalue weighted by atomic mass is 79.9. The number of rotatable bonds is 3. The molecular formula is C15H12BrClO2. The third-order valence-corrected chi connectivity index (χ3v) is 3.83. The lowest BCUT2D eigenvalue weighted by atomic mass is 10.1. The number of halogens is 2. The van der Waals surface area contributed by atoms with Gasteiger partial charge in [0.1, 0.15) is 11.5 Å². The van der Waals surface area contributed by atoms with E-state index in [1.165, 1.54) is 0 Å². The molecule has 0 saturated heterocycles. The van der Waals surface area contributed by atoms with E-state index in [0.29, 0.717) is 17.1 Å². The van der Waals surface area contributed by atoms with Crippen molar-refractivity contribution < 1.29 is 9.53 Å². The summed E-state index contributed by atoms with van der Waals surface area (Å²) in [4.78, 5) is 11.0. The van der Waals surface area contributed by atoms with Crippen LogP contribution in [0.2, 0.25) is 5.02 Å². The number of aryl methyl sites for hydroxylation is 2. The Morgan fingerprint density at radius 1 is 1.16 bits per heavy atom. The van der Waals surface area contributed by atoms with E-state index in [1.807, 2.05) is 26.0 Å². The Morgan fingerprint density at radius 3 is 2.37 bits per heavy atom. The van der Waals surface area contributed by atoms with E-state index in [2.05, 4.69) is 15.9 Å². The van der Waals surface area contributed by atoms with Crippen molar-refractivity contribution in [3.8, 4) is 11.5 Å². The fraction of sp³-hybridized carbons (Fsp3) is 0.133. The molecule has 2 rings (SSSR count). The molecule has 2 nitrogen and oxygen atoms in total. The summed E-state index contributed by atoms with van der Waals surface area (Å²) in [6.07, 6.45) is 0.775. The van der Waals surface area contributed by atoms with Gasteiger partial charge in [0, 0.05) is 9.50 Å². The molecule has 19 heavy (non-hydrogen) atoms. The summed E-state index contributed by atoms with van der Waals surface area (Å²) in [5.41, 5.74) is 2.40. The first kappa shape index (κ1) is 14.1. The summed E-state index contributed by atoms with van der Waals surface area (Å²) in [7, 11) is 0. The topological polar surface area (TPSA) is 26.3 Å². The van der Waals surface area contributed by atoms with Crippen molar-refractivity contribution in [1.29, 1.82) is 0 Å². The molecule has 2 aromatic carbocycles. The van der Waals surface area contributed by atoms with Gasteiger partial charge < -0.3 is 4.74 Å². The number of aldehydes is 1. The van der Waals surface area contributed by atoms with E-state index in [4.69, 9.17) is 16.3 Å². The minimum Gasteiger partial charge on any atom is -0.457 e. The molecule has 0 spiro atoms. The zero-order valence-corrected chi connectivity index (χ0v) is 12.9. The van der Waals surface area contributed by atoms with Gasteiger partial charge in [-0.25, -0.2) is 0 Å². The number of carbonyl (C=O) groups is 1. The van der Waals surface area contributed by atoms with Gasteiger partial charge in [0.2, 0.25) is 0 Å². The normalized spacial score (nSPS) is 10.3. The summed E-state index contributed by atoms with van der Waals surface area (Å²) >= 11 is 9.48. The molecule has 0 aliphatic rings. The van der Waals surface area contributed by atoms with Crippen LogP contribution in [0.5, 0.6) is 11.5 Å². The van der Waals surface area contributed by atoms with Crippen LogP contribution in [0.25, 0.3) is 0 Å². The standard InChI is InChI=1S/C15H12BrClO2/c1-9-5-13(6-10(2)15(9)17)19-14-7-12(16)4-3-11(14)8-18/h3-8H,1-2H3. The van der Waals surface area contributed by atoms with Crippen molar-refractivity contribution in [2.24, 2.45) is 0 Å². The molecule has 0 aromatic heterocycles. The summed E-state index contributed by atoms with van der Waals surface area (Å²) in [6, 6.07) is 8.98. The van der Waals surface area contributed by atoms with Crippen LogP contribution in [0.3, 0.4) is 0 Å². The summed E-state index contributed by atoms with van der Waals surface area (Å²) in [5, 5.41) is 0.734. The fourth-order valence-electron chi connectivity index (χ4n) is 1.79. The van der Waals surface area contributed by atoms with Gasteiger partial charge in [0.05, 0.1) is 5.56 Å². The van der Waals surface area contributed by atoms with Gasteiger partial charge in [-0.05, 0) is 55.3 Å². The van der Waals surface area contributed by atoms with Crippen LogP contribution in [-0.2, 0) is 0 Å². The molecule has 0 bridgehead atoms. The largest absolute Gasteiger partial charge is 0.457 e. The van der Waals surface area contributed by atoms with Gasteiger partial charge in [-0.3, -0.25) is 4.79 Å². The lowest BCUT2D eigenvalue weighted by molar-refractivity contribution is 0.112. The molecule has 0 unspecified atom stereocenters. The highest BCUT2D eigenvalue weighted by Crippen LogP contribution is 2.31. The van der Waals surface area contributed by atoms with Crippen LogP contribution < -0.4 is 4.74 Å². The SMILES string of the molecule is Cc1cc(Oc2cc(Br)ccc2C=O)cc(C)c1Cl. The Hall–Kier alpha value is -1.32. The van der Waals surface area contributed by atoms with E-state index in [1.54, 1.807) is 18.2 Å². The van der Waals surface area contributed by atoms with Crippen LogP contribution in [0.1, 0.15) is 21.5 Å². The third kappa shape index (κ3) is 3.17. The molecule has 98 valence electrons. The van der Waals surface area contributed by atoms with Crippen molar-refractivity contribution in [3.05, 3.63) is 56.5 Å². The van der Waals surface area contributed by atoms with Crippen LogP contribution in [0.4, 0.5) is 0 Å². The molecule has 0 fully saturated rings. The van der Waals surface area contributed by atoms with Crippen LogP contribution in [0, 0.1) is 13.8 Å². The number of carbonyl (C=O) groups excluding carboxylic acids is 1. The van der Waals surface area contributed by atoms with E-state index in [9.17, 15) is 4.79 Å². The van der Waals surface area contributed by atoms with E-state index in [-0.39, 0.29) is 0 Å². The minimum absolute atomic E-state index is 0.508. The molecule has 0 radical (unpaired) electrons. The minimum atomic E-state index is 0.508. The Labute approximate surface area is 125 Å². The van der Waals surface area contributed by atoms with Crippen LogP contribution in [-0.4, -0.2) is 6.29 Å². The second-order valence-electron chi connectivity index (χ2n) is 4.27. The summed E-state index contributed by atoms with van der Waals surface area (Å²) in [6.45, 7) is 3.84. The van der Waals surface area contributed by atoms with E-state index >= 15 is 0 Å². The molecule has 0 heterocycles. The van der Waals surface area contributed by atoms with Gasteiger partial charge in [0.15, 0.2) is 6.29 Å². The van der Waals surface area contributed by atoms with Gasteiger partial charge in [0.25, 0.3) is 0 Å². The lowest BCUT2D eigenvalue weighted by Crippen LogP contribution is -1.92. The second-order valence-corrected chi connectivity index (χ2v) is 5.57. The molecule has 0 aliphatic heterocycles. The molecule has 0 saturated carbocycles. The Bertz CT molecular complexity index is 615. The number of hydrogen-bond acceptors (Lipinski definition) is 2. The number of benzene rings is 2. The van der Waals surface area contributed by atoms with E-state index in [0.717, 1.165) is 26.9 Å². The predicted octanol–water partition coefficient (Wildman–Crippen LogP) is 5.32. The van der Waals surface area contributed by atoms with Gasteiger partial charge >= 0.3 is 0 Å². The smallest absolute Gasteiger partial charge is 0.153 e. The first-order valence-corrected chi connectivity index (χ1v) is 6.87. The predicted molar refractivity (Wildman–Crippen MR) is 80.5 cm³/mol. The van der Waals surface area contributed by atoms with Crippen LogP contribution in [0.15, 0.2) is 34.8 Å². The lowest BCUT2D eigenvalue weighted by Gasteiger charge is -2.11. The zero-order valence-electron chi connectivity index (χ0n) is 10.5. The first-order valence-electron chi connectivity index (χ1n) is 5.70. The Kier molecular flexibility index (Phi) is 4.27. The average molecular weight is 340 g/mol. The highest BCUT2D eigenvalue weighted by Gasteiger charge is 2.08. The molecule has 4 heteroatoms. The molecule has 0 aliphatic carbocycles. The monoisotopic (exact) mass is 338 g/mol. The molecular weight excluding hydrogens is 328 g/mol. The number of hydrogen-bond donors (Lipinski definition) is 0. The van der Waals surface area contributed by atoms with Crippen molar-refractivity contribution in [1.82, 2.24) is 0 Å². The first-order chi connectivity index (χ1) is 9.01. The van der Waals surface area contributed by atoms with Gasteiger partial charge in [-0.15, -0.1) is 0 Å². The quantitative estimate of drug-likeness (QED) is 0.707. The summed E-state index contributed by atoms with van der Waals surface area (Å²) in [5.74, 6) is 1.19. The van der Waals surface area contributed by atoms with Crippen molar-refractivity contribution in [3.63, 3.8) is 0 Å². The van der Waals surface area contributed by atoms with Crippen LogP contribution >= 0.6 is 27.5 Å². The maximum absolute atomic E-state index is 11.0.